The molecular formula is C10H17NO3. The molecule has 80 valence electrons. The van der Waals surface area contributed by atoms with Crippen LogP contribution >= 0.6 is 0 Å². The summed E-state index contributed by atoms with van der Waals surface area (Å²) in [7, 11) is 1.63. The molecule has 1 atom stereocenters. The number of piperidine rings is 1. The molecule has 0 aliphatic carbocycles. The van der Waals surface area contributed by atoms with E-state index in [-0.39, 0.29) is 23.3 Å². The van der Waals surface area contributed by atoms with E-state index in [9.17, 15) is 9.59 Å². The summed E-state index contributed by atoms with van der Waals surface area (Å²) in [5.74, 6) is -0.385. The van der Waals surface area contributed by atoms with Crippen LogP contribution < -0.4 is 5.32 Å². The third kappa shape index (κ3) is 2.12. The smallest absolute Gasteiger partial charge is 0.226 e. The van der Waals surface area contributed by atoms with Crippen molar-refractivity contribution < 1.29 is 14.3 Å². The van der Waals surface area contributed by atoms with Crippen molar-refractivity contribution in [2.24, 2.45) is 5.92 Å². The average Bonchev–Trinajstić information content (AvgIpc) is 2.15. The number of amides is 2. The van der Waals surface area contributed by atoms with Gasteiger partial charge in [-0.05, 0) is 13.3 Å². The molecule has 0 aromatic carbocycles. The van der Waals surface area contributed by atoms with E-state index in [1.807, 2.05) is 13.8 Å². The number of hydrogen-bond acceptors (Lipinski definition) is 3. The Bertz CT molecular complexity index is 230. The summed E-state index contributed by atoms with van der Waals surface area (Å²) in [6, 6.07) is 0. The SMILES string of the molecule is CCC(C)(OC)C1CC(=O)NC(=O)C1. The number of rotatable bonds is 3. The second kappa shape index (κ2) is 4.09. The molecule has 2 amide bonds. The number of nitrogens with one attached hydrogen (secondary N) is 1. The second-order valence-electron chi connectivity index (χ2n) is 3.95. The lowest BCUT2D eigenvalue weighted by Gasteiger charge is -2.37. The summed E-state index contributed by atoms with van der Waals surface area (Å²) in [4.78, 5) is 22.3. The molecule has 1 saturated heterocycles. The number of carbonyl (C=O) groups is 2. The molecule has 0 bridgehead atoms. The Kier molecular flexibility index (Phi) is 3.26. The first-order valence-corrected chi connectivity index (χ1v) is 4.89. The molecule has 0 aromatic heterocycles. The van der Waals surface area contributed by atoms with Crippen LogP contribution in [0, 0.1) is 5.92 Å². The Morgan fingerprint density at radius 3 is 2.29 bits per heavy atom. The zero-order valence-electron chi connectivity index (χ0n) is 8.92. The topological polar surface area (TPSA) is 55.4 Å². The maximum absolute atomic E-state index is 11.2. The van der Waals surface area contributed by atoms with Gasteiger partial charge >= 0.3 is 0 Å². The summed E-state index contributed by atoms with van der Waals surface area (Å²) in [6.45, 7) is 3.95. The summed E-state index contributed by atoms with van der Waals surface area (Å²) >= 11 is 0. The van der Waals surface area contributed by atoms with Gasteiger partial charge in [-0.15, -0.1) is 0 Å². The fourth-order valence-electron chi connectivity index (χ4n) is 1.81. The Morgan fingerprint density at radius 2 is 1.93 bits per heavy atom. The van der Waals surface area contributed by atoms with Gasteiger partial charge in [0.15, 0.2) is 0 Å². The summed E-state index contributed by atoms with van der Waals surface area (Å²) in [6.07, 6.45) is 1.56. The third-order valence-electron chi connectivity index (χ3n) is 3.17. The van der Waals surface area contributed by atoms with E-state index < -0.39 is 0 Å². The fourth-order valence-corrected chi connectivity index (χ4v) is 1.81. The lowest BCUT2D eigenvalue weighted by Crippen LogP contribution is -2.47. The van der Waals surface area contributed by atoms with Crippen molar-refractivity contribution in [1.82, 2.24) is 5.32 Å². The molecule has 1 heterocycles. The maximum atomic E-state index is 11.2. The number of ether oxygens (including phenoxy) is 1. The molecule has 1 aliphatic heterocycles. The summed E-state index contributed by atoms with van der Waals surface area (Å²) in [5, 5.41) is 2.30. The molecule has 1 unspecified atom stereocenters. The Balaban J connectivity index is 2.76. The number of hydrogen-bond donors (Lipinski definition) is 1. The minimum Gasteiger partial charge on any atom is -0.378 e. The molecule has 1 aliphatic rings. The first-order valence-electron chi connectivity index (χ1n) is 4.89. The molecule has 1 fully saturated rings. The van der Waals surface area contributed by atoms with Crippen molar-refractivity contribution in [3.05, 3.63) is 0 Å². The third-order valence-corrected chi connectivity index (χ3v) is 3.17. The fraction of sp³-hybridized carbons (Fsp3) is 0.800. The van der Waals surface area contributed by atoms with Crippen molar-refractivity contribution in [2.45, 2.75) is 38.7 Å². The predicted molar refractivity (Wildman–Crippen MR) is 51.6 cm³/mol. The molecular weight excluding hydrogens is 182 g/mol. The van der Waals surface area contributed by atoms with Gasteiger partial charge < -0.3 is 4.74 Å². The molecule has 1 N–H and O–H groups in total. The monoisotopic (exact) mass is 199 g/mol. The lowest BCUT2D eigenvalue weighted by molar-refractivity contribution is -0.141. The molecule has 0 radical (unpaired) electrons. The number of carbonyl (C=O) groups excluding carboxylic acids is 2. The lowest BCUT2D eigenvalue weighted by atomic mass is 9.80. The highest BCUT2D eigenvalue weighted by atomic mass is 16.5. The summed E-state index contributed by atoms with van der Waals surface area (Å²) in [5.41, 5.74) is -0.368. The highest BCUT2D eigenvalue weighted by molar-refractivity contribution is 5.97. The largest absolute Gasteiger partial charge is 0.378 e. The maximum Gasteiger partial charge on any atom is 0.226 e. The van der Waals surface area contributed by atoms with Crippen LogP contribution in [0.2, 0.25) is 0 Å². The van der Waals surface area contributed by atoms with E-state index in [0.717, 1.165) is 6.42 Å². The molecule has 4 heteroatoms. The van der Waals surface area contributed by atoms with Crippen LogP contribution in [-0.4, -0.2) is 24.5 Å². The molecule has 0 aromatic rings. The highest BCUT2D eigenvalue weighted by Gasteiger charge is 2.38. The van der Waals surface area contributed by atoms with Gasteiger partial charge in [-0.1, -0.05) is 6.92 Å². The highest BCUT2D eigenvalue weighted by Crippen LogP contribution is 2.31. The van der Waals surface area contributed by atoms with Gasteiger partial charge in [0.2, 0.25) is 11.8 Å². The Morgan fingerprint density at radius 1 is 1.43 bits per heavy atom. The van der Waals surface area contributed by atoms with Crippen LogP contribution in [-0.2, 0) is 14.3 Å². The zero-order valence-corrected chi connectivity index (χ0v) is 8.92. The van der Waals surface area contributed by atoms with Gasteiger partial charge in [-0.2, -0.15) is 0 Å². The van der Waals surface area contributed by atoms with Crippen molar-refractivity contribution in [3.8, 4) is 0 Å². The first kappa shape index (κ1) is 11.2. The van der Waals surface area contributed by atoms with E-state index in [1.165, 1.54) is 0 Å². The molecule has 1 rings (SSSR count). The average molecular weight is 199 g/mol. The predicted octanol–water partition coefficient (Wildman–Crippen LogP) is 0.854. The van der Waals surface area contributed by atoms with Crippen molar-refractivity contribution in [2.75, 3.05) is 7.11 Å². The quantitative estimate of drug-likeness (QED) is 0.686. The van der Waals surface area contributed by atoms with E-state index in [4.69, 9.17) is 4.74 Å². The van der Waals surface area contributed by atoms with Crippen LogP contribution in [0.25, 0.3) is 0 Å². The van der Waals surface area contributed by atoms with Crippen LogP contribution in [0.1, 0.15) is 33.1 Å². The first-order chi connectivity index (χ1) is 6.51. The van der Waals surface area contributed by atoms with Gasteiger partial charge in [0, 0.05) is 25.9 Å². The van der Waals surface area contributed by atoms with Gasteiger partial charge in [-0.25, -0.2) is 0 Å². The van der Waals surface area contributed by atoms with Crippen molar-refractivity contribution in [3.63, 3.8) is 0 Å². The normalized spacial score (nSPS) is 23.1. The zero-order chi connectivity index (χ0) is 10.8. The van der Waals surface area contributed by atoms with E-state index in [2.05, 4.69) is 5.32 Å². The van der Waals surface area contributed by atoms with Crippen LogP contribution in [0.15, 0.2) is 0 Å². The second-order valence-corrected chi connectivity index (χ2v) is 3.95. The van der Waals surface area contributed by atoms with Crippen molar-refractivity contribution in [1.29, 1.82) is 0 Å². The van der Waals surface area contributed by atoms with E-state index in [0.29, 0.717) is 12.8 Å². The molecule has 0 saturated carbocycles. The van der Waals surface area contributed by atoms with Crippen LogP contribution in [0.3, 0.4) is 0 Å². The summed E-state index contributed by atoms with van der Waals surface area (Å²) < 4.78 is 5.39. The van der Waals surface area contributed by atoms with Gasteiger partial charge in [0.25, 0.3) is 0 Å². The van der Waals surface area contributed by atoms with Gasteiger partial charge in [0.1, 0.15) is 0 Å². The molecule has 0 spiro atoms. The van der Waals surface area contributed by atoms with Crippen molar-refractivity contribution >= 4 is 11.8 Å². The number of imide groups is 1. The molecule has 14 heavy (non-hydrogen) atoms. The standard InChI is InChI=1S/C10H17NO3/c1-4-10(2,14-3)7-5-8(12)11-9(13)6-7/h7H,4-6H2,1-3H3,(H,11,12,13). The minimum atomic E-state index is -0.368. The van der Waals surface area contributed by atoms with E-state index in [1.54, 1.807) is 7.11 Å². The van der Waals surface area contributed by atoms with Gasteiger partial charge in [0.05, 0.1) is 5.60 Å². The van der Waals surface area contributed by atoms with Crippen LogP contribution in [0.4, 0.5) is 0 Å². The molecule has 4 nitrogen and oxygen atoms in total. The van der Waals surface area contributed by atoms with Crippen LogP contribution in [0.5, 0.6) is 0 Å². The van der Waals surface area contributed by atoms with E-state index >= 15 is 0 Å². The number of methoxy groups -OCH3 is 1. The van der Waals surface area contributed by atoms with Gasteiger partial charge in [-0.3, -0.25) is 14.9 Å². The Hall–Kier alpha value is -0.900. The minimum absolute atomic E-state index is 0.00116. The Labute approximate surface area is 84.0 Å².